The van der Waals surface area contributed by atoms with E-state index >= 15 is 0 Å². The third kappa shape index (κ3) is 9.42. The van der Waals surface area contributed by atoms with Crippen molar-refractivity contribution in [1.29, 1.82) is 0 Å². The van der Waals surface area contributed by atoms with Gasteiger partial charge in [-0.05, 0) is 62.7 Å². The fourth-order valence-corrected chi connectivity index (χ4v) is 4.63. The number of amides is 1. The van der Waals surface area contributed by atoms with Crippen LogP contribution in [0.1, 0.15) is 42.5 Å². The van der Waals surface area contributed by atoms with Gasteiger partial charge >= 0.3 is 24.3 Å². The first-order chi connectivity index (χ1) is 17.6. The molecule has 1 atom stereocenters. The van der Waals surface area contributed by atoms with Crippen molar-refractivity contribution in [2.75, 3.05) is 39.4 Å². The molecule has 1 aromatic heterocycles. The van der Waals surface area contributed by atoms with Crippen LogP contribution in [0.4, 0.5) is 26.3 Å². The highest BCUT2D eigenvalue weighted by Crippen LogP contribution is 2.41. The topological polar surface area (TPSA) is 120 Å². The lowest BCUT2D eigenvalue weighted by Crippen LogP contribution is -2.52. The minimum absolute atomic E-state index is 0.147. The minimum Gasteiger partial charge on any atom is -0.475 e. The second-order valence-electron chi connectivity index (χ2n) is 9.23. The molecule has 1 spiro atoms. The van der Waals surface area contributed by atoms with Gasteiger partial charge in [0.1, 0.15) is 0 Å². The Bertz CT molecular complexity index is 906. The molecule has 3 aliphatic rings. The molecule has 1 unspecified atom stereocenters. The van der Waals surface area contributed by atoms with Crippen LogP contribution in [-0.4, -0.2) is 101 Å². The summed E-state index contributed by atoms with van der Waals surface area (Å²) in [4.78, 5) is 39.3. The number of carbonyl (C=O) groups is 3. The van der Waals surface area contributed by atoms with Crippen molar-refractivity contribution in [3.8, 4) is 0 Å². The molecule has 15 heteroatoms. The first-order valence-electron chi connectivity index (χ1n) is 11.8. The van der Waals surface area contributed by atoms with Crippen LogP contribution >= 0.6 is 0 Å². The van der Waals surface area contributed by atoms with Gasteiger partial charge in [-0.15, -0.1) is 0 Å². The van der Waals surface area contributed by atoms with E-state index in [1.54, 1.807) is 12.4 Å². The summed E-state index contributed by atoms with van der Waals surface area (Å²) in [7, 11) is 0. The Morgan fingerprint density at radius 2 is 1.55 bits per heavy atom. The Balaban J connectivity index is 0.000000301. The van der Waals surface area contributed by atoms with Gasteiger partial charge in [-0.25, -0.2) is 9.59 Å². The molecule has 1 aromatic rings. The Hall–Kier alpha value is -2.94. The normalized spacial score (nSPS) is 21.5. The third-order valence-corrected chi connectivity index (χ3v) is 6.62. The van der Waals surface area contributed by atoms with Gasteiger partial charge in [0.15, 0.2) is 0 Å². The molecule has 9 nitrogen and oxygen atoms in total. The summed E-state index contributed by atoms with van der Waals surface area (Å²) in [6.45, 7) is 5.93. The average molecular weight is 557 g/mol. The van der Waals surface area contributed by atoms with Gasteiger partial charge in [-0.1, -0.05) is 0 Å². The largest absolute Gasteiger partial charge is 0.490 e. The molecule has 3 fully saturated rings. The highest BCUT2D eigenvalue weighted by Gasteiger charge is 2.41. The highest BCUT2D eigenvalue weighted by molar-refractivity contribution is 5.94. The molecule has 3 saturated heterocycles. The van der Waals surface area contributed by atoms with Crippen molar-refractivity contribution in [3.63, 3.8) is 0 Å². The lowest BCUT2D eigenvalue weighted by atomic mass is 9.72. The molecule has 2 N–H and O–H groups in total. The molecule has 0 aromatic carbocycles. The molecule has 214 valence electrons. The summed E-state index contributed by atoms with van der Waals surface area (Å²) in [6.07, 6.45) is -0.778. The maximum atomic E-state index is 12.8. The van der Waals surface area contributed by atoms with Crippen molar-refractivity contribution in [2.24, 2.45) is 5.41 Å². The van der Waals surface area contributed by atoms with Gasteiger partial charge in [0, 0.05) is 38.1 Å². The molecule has 1 amide bonds. The van der Waals surface area contributed by atoms with Crippen LogP contribution in [0.15, 0.2) is 24.5 Å². The number of hydrogen-bond acceptors (Lipinski definition) is 6. The number of alkyl halides is 6. The molecular formula is C23H29F6N3O6. The number of halogens is 6. The number of carbonyl (C=O) groups excluding carboxylic acids is 1. The zero-order chi connectivity index (χ0) is 28.6. The van der Waals surface area contributed by atoms with E-state index in [0.29, 0.717) is 11.5 Å². The number of piperidine rings is 2. The van der Waals surface area contributed by atoms with Crippen LogP contribution in [0, 0.1) is 5.41 Å². The number of carboxylic acids is 2. The molecule has 3 aliphatic heterocycles. The van der Waals surface area contributed by atoms with E-state index in [1.807, 2.05) is 12.1 Å². The number of pyridine rings is 1. The van der Waals surface area contributed by atoms with Crippen molar-refractivity contribution in [1.82, 2.24) is 14.8 Å². The summed E-state index contributed by atoms with van der Waals surface area (Å²) in [5.74, 6) is -5.37. The summed E-state index contributed by atoms with van der Waals surface area (Å²) < 4.78 is 69.0. The van der Waals surface area contributed by atoms with E-state index in [-0.39, 0.29) is 5.91 Å². The van der Waals surface area contributed by atoms with E-state index in [4.69, 9.17) is 24.5 Å². The molecule has 4 rings (SSSR count). The number of aliphatic carboxylic acids is 2. The fraction of sp³-hybridized carbons (Fsp3) is 0.652. The summed E-state index contributed by atoms with van der Waals surface area (Å²) in [5, 5.41) is 14.2. The lowest BCUT2D eigenvalue weighted by molar-refractivity contribution is -0.193. The Labute approximate surface area is 214 Å². The zero-order valence-electron chi connectivity index (χ0n) is 20.3. The van der Waals surface area contributed by atoms with E-state index in [0.717, 1.165) is 51.4 Å². The zero-order valence-corrected chi connectivity index (χ0v) is 20.3. The standard InChI is InChI=1S/C19H27N3O2.2C2HF3O2/c23-18(16-3-1-8-20-13-16)22-9-2-5-19(15-22)6-10-21(11-7-19)17-4-12-24-14-17;2*3-2(4,5)1(6)7/h1,3,8,13,17H,2,4-7,9-12,14-15H2;2*(H,6,7). The Morgan fingerprint density at radius 3 is 2.00 bits per heavy atom. The summed E-state index contributed by atoms with van der Waals surface area (Å²) in [5.41, 5.74) is 1.04. The average Bonchev–Trinajstić information content (AvgIpc) is 3.39. The SMILES string of the molecule is O=C(O)C(F)(F)F.O=C(O)C(F)(F)F.O=C(c1cccnc1)N1CCCC2(CCN(C3CCOC3)CC2)C1. The van der Waals surface area contributed by atoms with E-state index < -0.39 is 24.3 Å². The number of rotatable bonds is 2. The maximum Gasteiger partial charge on any atom is 0.490 e. The van der Waals surface area contributed by atoms with E-state index in [2.05, 4.69) is 14.8 Å². The van der Waals surface area contributed by atoms with Crippen molar-refractivity contribution < 1.29 is 55.7 Å². The molecule has 0 radical (unpaired) electrons. The van der Waals surface area contributed by atoms with Gasteiger partial charge in [0.25, 0.3) is 5.91 Å². The number of likely N-dealkylation sites (tertiary alicyclic amines) is 2. The van der Waals surface area contributed by atoms with Crippen LogP contribution in [-0.2, 0) is 14.3 Å². The monoisotopic (exact) mass is 557 g/mol. The van der Waals surface area contributed by atoms with Crippen LogP contribution in [0.2, 0.25) is 0 Å². The second-order valence-corrected chi connectivity index (χ2v) is 9.23. The quantitative estimate of drug-likeness (QED) is 0.531. The predicted octanol–water partition coefficient (Wildman–Crippen LogP) is 3.46. The summed E-state index contributed by atoms with van der Waals surface area (Å²) >= 11 is 0. The fourth-order valence-electron chi connectivity index (χ4n) is 4.63. The number of nitrogens with zero attached hydrogens (tertiary/aromatic N) is 3. The van der Waals surface area contributed by atoms with Crippen molar-refractivity contribution >= 4 is 17.8 Å². The molecule has 0 aliphatic carbocycles. The van der Waals surface area contributed by atoms with Crippen molar-refractivity contribution in [3.05, 3.63) is 30.1 Å². The van der Waals surface area contributed by atoms with Gasteiger partial charge in [0.2, 0.25) is 0 Å². The smallest absolute Gasteiger partial charge is 0.475 e. The first kappa shape index (κ1) is 31.3. The highest BCUT2D eigenvalue weighted by atomic mass is 19.4. The third-order valence-electron chi connectivity index (χ3n) is 6.62. The molecule has 38 heavy (non-hydrogen) atoms. The summed E-state index contributed by atoms with van der Waals surface area (Å²) in [6, 6.07) is 4.34. The van der Waals surface area contributed by atoms with E-state index in [1.165, 1.54) is 25.7 Å². The molecule has 0 bridgehead atoms. The second kappa shape index (κ2) is 13.2. The molecule has 4 heterocycles. The number of hydrogen-bond donors (Lipinski definition) is 2. The number of aromatic nitrogens is 1. The van der Waals surface area contributed by atoms with Crippen LogP contribution in [0.25, 0.3) is 0 Å². The minimum atomic E-state index is -5.08. The molecular weight excluding hydrogens is 528 g/mol. The Morgan fingerprint density at radius 1 is 0.974 bits per heavy atom. The van der Waals surface area contributed by atoms with Crippen molar-refractivity contribution in [2.45, 2.75) is 50.5 Å². The van der Waals surface area contributed by atoms with Gasteiger partial charge < -0.3 is 19.8 Å². The number of carboxylic acid groups (broad SMARTS) is 2. The lowest BCUT2D eigenvalue weighted by Gasteiger charge is -2.48. The van der Waals surface area contributed by atoms with Crippen LogP contribution in [0.3, 0.4) is 0 Å². The van der Waals surface area contributed by atoms with Gasteiger partial charge in [-0.2, -0.15) is 26.3 Å². The predicted molar refractivity (Wildman–Crippen MR) is 119 cm³/mol. The van der Waals surface area contributed by atoms with Crippen LogP contribution in [0.5, 0.6) is 0 Å². The maximum absolute atomic E-state index is 12.8. The van der Waals surface area contributed by atoms with E-state index in [9.17, 15) is 31.1 Å². The van der Waals surface area contributed by atoms with Crippen LogP contribution < -0.4 is 0 Å². The van der Waals surface area contributed by atoms with Gasteiger partial charge in [0.05, 0.1) is 12.2 Å². The Kier molecular flexibility index (Phi) is 10.9. The number of ether oxygens (including phenoxy) is 1. The molecule has 0 saturated carbocycles. The van der Waals surface area contributed by atoms with Gasteiger partial charge in [-0.3, -0.25) is 14.7 Å². The first-order valence-corrected chi connectivity index (χ1v) is 11.8.